The smallest absolute Gasteiger partial charge is 0.237 e. The van der Waals surface area contributed by atoms with E-state index in [4.69, 9.17) is 4.74 Å². The summed E-state index contributed by atoms with van der Waals surface area (Å²) in [6.07, 6.45) is 5.73. The first-order valence-electron chi connectivity index (χ1n) is 11.6. The number of amides is 1. The number of thioether (sulfide) groups is 1. The van der Waals surface area contributed by atoms with Crippen LogP contribution in [0.1, 0.15) is 50.9 Å². The van der Waals surface area contributed by atoms with Crippen LogP contribution >= 0.6 is 11.8 Å². The summed E-state index contributed by atoms with van der Waals surface area (Å²) >= 11 is 1.38. The molecule has 1 unspecified atom stereocenters. The van der Waals surface area contributed by atoms with Crippen LogP contribution < -0.4 is 15.4 Å². The third-order valence-electron chi connectivity index (χ3n) is 5.94. The number of nitrogens with zero attached hydrogens (tertiary/aromatic N) is 3. The van der Waals surface area contributed by atoms with E-state index in [2.05, 4.69) is 25.4 Å². The van der Waals surface area contributed by atoms with E-state index >= 15 is 0 Å². The Hall–Kier alpha value is -3.07. The van der Waals surface area contributed by atoms with Gasteiger partial charge in [-0.05, 0) is 50.1 Å². The highest BCUT2D eigenvalue weighted by molar-refractivity contribution is 8.00. The number of ether oxygens (including phenoxy) is 1. The Morgan fingerprint density at radius 1 is 1.15 bits per heavy atom. The van der Waals surface area contributed by atoms with E-state index in [-0.39, 0.29) is 11.7 Å². The zero-order valence-corrected chi connectivity index (χ0v) is 20.3. The molecule has 7 nitrogen and oxygen atoms in total. The molecule has 2 aromatic carbocycles. The molecule has 1 aliphatic rings. The Bertz CT molecular complexity index is 1120. The average molecular weight is 484 g/mol. The third kappa shape index (κ3) is 6.08. The molecule has 3 aromatic rings. The van der Waals surface area contributed by atoms with Crippen LogP contribution in [0.3, 0.4) is 0 Å². The summed E-state index contributed by atoms with van der Waals surface area (Å²) in [6, 6.07) is 14.0. The van der Waals surface area contributed by atoms with E-state index in [0.29, 0.717) is 18.3 Å². The largest absolute Gasteiger partial charge is 0.497 e. The third-order valence-corrected chi connectivity index (χ3v) is 7.00. The molecule has 0 bridgehead atoms. The number of methoxy groups -OCH3 is 1. The second-order valence-corrected chi connectivity index (χ2v) is 9.71. The molecule has 1 saturated carbocycles. The van der Waals surface area contributed by atoms with Crippen molar-refractivity contribution in [1.82, 2.24) is 14.8 Å². The van der Waals surface area contributed by atoms with Crippen molar-refractivity contribution in [3.8, 4) is 5.75 Å². The zero-order chi connectivity index (χ0) is 23.9. The summed E-state index contributed by atoms with van der Waals surface area (Å²) < 4.78 is 21.0. The van der Waals surface area contributed by atoms with Gasteiger partial charge in [0.05, 0.1) is 18.9 Å². The molecule has 0 saturated heterocycles. The lowest BCUT2D eigenvalue weighted by Gasteiger charge is -2.26. The molecule has 1 aliphatic carbocycles. The van der Waals surface area contributed by atoms with Gasteiger partial charge in [0.25, 0.3) is 0 Å². The van der Waals surface area contributed by atoms with Crippen LogP contribution in [-0.2, 0) is 11.3 Å². The van der Waals surface area contributed by atoms with E-state index in [1.807, 2.05) is 31.2 Å². The highest BCUT2D eigenvalue weighted by Crippen LogP contribution is 2.34. The van der Waals surface area contributed by atoms with Gasteiger partial charge in [-0.3, -0.25) is 4.79 Å². The SMILES string of the molecule is COc1cccc(NCc2nnc(SC(C)C(=O)Nc3cccc(F)c3)n2C2CCCCC2)c1. The van der Waals surface area contributed by atoms with Crippen molar-refractivity contribution in [2.45, 2.75) is 62.0 Å². The highest BCUT2D eigenvalue weighted by Gasteiger charge is 2.26. The maximum atomic E-state index is 13.5. The maximum Gasteiger partial charge on any atom is 0.237 e. The minimum absolute atomic E-state index is 0.204. The second-order valence-electron chi connectivity index (χ2n) is 8.41. The van der Waals surface area contributed by atoms with Crippen molar-refractivity contribution in [2.75, 3.05) is 17.7 Å². The van der Waals surface area contributed by atoms with Gasteiger partial charge in [0.15, 0.2) is 11.0 Å². The summed E-state index contributed by atoms with van der Waals surface area (Å²) in [5.74, 6) is 1.04. The number of rotatable bonds is 9. The minimum Gasteiger partial charge on any atom is -0.497 e. The number of carbonyl (C=O) groups is 1. The van der Waals surface area contributed by atoms with Gasteiger partial charge in [-0.2, -0.15) is 0 Å². The van der Waals surface area contributed by atoms with Gasteiger partial charge < -0.3 is 19.9 Å². The number of hydrogen-bond acceptors (Lipinski definition) is 6. The number of benzene rings is 2. The van der Waals surface area contributed by atoms with E-state index in [1.165, 1.54) is 43.2 Å². The highest BCUT2D eigenvalue weighted by atomic mass is 32.2. The molecule has 0 radical (unpaired) electrons. The van der Waals surface area contributed by atoms with E-state index in [9.17, 15) is 9.18 Å². The molecular weight excluding hydrogens is 453 g/mol. The van der Waals surface area contributed by atoms with Crippen molar-refractivity contribution in [3.63, 3.8) is 0 Å². The number of hydrogen-bond donors (Lipinski definition) is 2. The molecule has 1 amide bonds. The Morgan fingerprint density at radius 2 is 1.91 bits per heavy atom. The van der Waals surface area contributed by atoms with Gasteiger partial charge in [0, 0.05) is 23.5 Å². The first-order valence-corrected chi connectivity index (χ1v) is 12.5. The number of aromatic nitrogens is 3. The molecule has 34 heavy (non-hydrogen) atoms. The first kappa shape index (κ1) is 24.1. The van der Waals surface area contributed by atoms with Crippen LogP contribution in [0.4, 0.5) is 15.8 Å². The van der Waals surface area contributed by atoms with Crippen LogP contribution in [0.2, 0.25) is 0 Å². The molecule has 1 aromatic heterocycles. The standard InChI is InChI=1S/C25H30FN5O2S/c1-17(24(32)28-20-10-6-8-18(26)14-20)34-25-30-29-23(31(25)21-11-4-3-5-12-21)16-27-19-9-7-13-22(15-19)33-2/h6-10,13-15,17,21,27H,3-5,11-12,16H2,1-2H3,(H,28,32). The lowest BCUT2D eigenvalue weighted by atomic mass is 9.95. The lowest BCUT2D eigenvalue weighted by Crippen LogP contribution is -2.24. The Balaban J connectivity index is 1.49. The molecule has 0 aliphatic heterocycles. The predicted octanol–water partition coefficient (Wildman–Crippen LogP) is 5.66. The van der Waals surface area contributed by atoms with Crippen molar-refractivity contribution in [1.29, 1.82) is 0 Å². The monoisotopic (exact) mass is 483 g/mol. The Kier molecular flexibility index (Phi) is 8.05. The number of nitrogens with one attached hydrogen (secondary N) is 2. The topological polar surface area (TPSA) is 81.1 Å². The molecule has 2 N–H and O–H groups in total. The molecule has 4 rings (SSSR count). The Morgan fingerprint density at radius 3 is 2.68 bits per heavy atom. The second kappa shape index (κ2) is 11.4. The molecule has 1 atom stereocenters. The maximum absolute atomic E-state index is 13.5. The van der Waals surface area contributed by atoms with Gasteiger partial charge in [-0.25, -0.2) is 4.39 Å². The van der Waals surface area contributed by atoms with Crippen LogP contribution in [0.5, 0.6) is 5.75 Å². The van der Waals surface area contributed by atoms with Gasteiger partial charge >= 0.3 is 0 Å². The molecule has 9 heteroatoms. The molecule has 1 fully saturated rings. The average Bonchev–Trinajstić information content (AvgIpc) is 3.25. The summed E-state index contributed by atoms with van der Waals surface area (Å²) in [7, 11) is 1.65. The van der Waals surface area contributed by atoms with E-state index < -0.39 is 5.25 Å². The number of halogens is 1. The van der Waals surface area contributed by atoms with Crippen molar-refractivity contribution in [2.24, 2.45) is 0 Å². The van der Waals surface area contributed by atoms with E-state index in [0.717, 1.165) is 35.3 Å². The van der Waals surface area contributed by atoms with Gasteiger partial charge in [0.2, 0.25) is 5.91 Å². The van der Waals surface area contributed by atoms with Crippen LogP contribution in [0.25, 0.3) is 0 Å². The first-order chi connectivity index (χ1) is 16.5. The van der Waals surface area contributed by atoms with Crippen molar-refractivity contribution in [3.05, 3.63) is 60.2 Å². The van der Waals surface area contributed by atoms with Crippen molar-refractivity contribution < 1.29 is 13.9 Å². The minimum atomic E-state index is -0.422. The summed E-state index contributed by atoms with van der Waals surface area (Å²) in [5.41, 5.74) is 1.38. The molecule has 180 valence electrons. The fourth-order valence-electron chi connectivity index (χ4n) is 4.15. The fourth-order valence-corrected chi connectivity index (χ4v) is 5.09. The Labute approximate surface area is 203 Å². The van der Waals surface area contributed by atoms with Gasteiger partial charge in [-0.1, -0.05) is 43.2 Å². The molecule has 1 heterocycles. The van der Waals surface area contributed by atoms with Gasteiger partial charge in [0.1, 0.15) is 11.6 Å². The lowest BCUT2D eigenvalue weighted by molar-refractivity contribution is -0.115. The number of anilines is 2. The molecule has 0 spiro atoms. The summed E-state index contributed by atoms with van der Waals surface area (Å²) in [5, 5.41) is 15.4. The van der Waals surface area contributed by atoms with E-state index in [1.54, 1.807) is 19.2 Å². The predicted molar refractivity (Wildman–Crippen MR) is 133 cm³/mol. The van der Waals surface area contributed by atoms with Crippen LogP contribution in [0, 0.1) is 5.82 Å². The fraction of sp³-hybridized carbons (Fsp3) is 0.400. The van der Waals surface area contributed by atoms with Crippen LogP contribution in [0.15, 0.2) is 53.7 Å². The quantitative estimate of drug-likeness (QED) is 0.382. The number of carbonyl (C=O) groups excluding carboxylic acids is 1. The van der Waals surface area contributed by atoms with Crippen LogP contribution in [-0.4, -0.2) is 33.0 Å². The normalized spacial score (nSPS) is 15.0. The summed E-state index contributed by atoms with van der Waals surface area (Å²) in [4.78, 5) is 12.8. The van der Waals surface area contributed by atoms with Crippen molar-refractivity contribution >= 4 is 29.0 Å². The zero-order valence-electron chi connectivity index (χ0n) is 19.5. The summed E-state index contributed by atoms with van der Waals surface area (Å²) in [6.45, 7) is 2.34. The van der Waals surface area contributed by atoms with Gasteiger partial charge in [-0.15, -0.1) is 10.2 Å². The molecular formula is C25H30FN5O2S.